The smallest absolute Gasteiger partial charge is 0.129 e. The maximum Gasteiger partial charge on any atom is 0.129 e. The minimum atomic E-state index is 0.197. The van der Waals surface area contributed by atoms with Gasteiger partial charge >= 0.3 is 0 Å². The number of anilines is 1. The highest BCUT2D eigenvalue weighted by molar-refractivity contribution is 5.65. The summed E-state index contributed by atoms with van der Waals surface area (Å²) in [6, 6.07) is 13.5. The van der Waals surface area contributed by atoms with E-state index in [9.17, 15) is 5.11 Å². The van der Waals surface area contributed by atoms with E-state index < -0.39 is 0 Å². The van der Waals surface area contributed by atoms with Gasteiger partial charge in [-0.25, -0.2) is 4.98 Å². The lowest BCUT2D eigenvalue weighted by Gasteiger charge is -2.42. The van der Waals surface area contributed by atoms with Gasteiger partial charge in [0.1, 0.15) is 5.82 Å². The Morgan fingerprint density at radius 1 is 0.886 bits per heavy atom. The second-order valence-corrected chi connectivity index (χ2v) is 12.2. The van der Waals surface area contributed by atoms with Gasteiger partial charge in [0, 0.05) is 31.9 Å². The number of rotatable bonds is 9. The summed E-state index contributed by atoms with van der Waals surface area (Å²) >= 11 is 0. The number of pyridine rings is 1. The standard InChI is InChI=1S/C31H46N2O2/c1-30(2)16-17-31(3,4)27-22-25(11-12-26(27)30)28-9-7-10-29(32-28)33-18-13-24(14-19-33)23(15-21-35)8-5-6-20-34/h7,9-12,22-24,34-35H,5-6,8,13-21H2,1-4H3. The quantitative estimate of drug-likeness (QED) is 0.405. The number of benzene rings is 1. The predicted molar refractivity (Wildman–Crippen MR) is 146 cm³/mol. The first-order chi connectivity index (χ1) is 16.7. The first-order valence-corrected chi connectivity index (χ1v) is 13.8. The number of aliphatic hydroxyl groups excluding tert-OH is 2. The van der Waals surface area contributed by atoms with Crippen molar-refractivity contribution in [2.45, 2.75) is 89.9 Å². The molecule has 1 aromatic carbocycles. The number of unbranched alkanes of at least 4 members (excludes halogenated alkanes) is 1. The van der Waals surface area contributed by atoms with Crippen LogP contribution in [0, 0.1) is 11.8 Å². The third-order valence-electron chi connectivity index (χ3n) is 8.90. The van der Waals surface area contributed by atoms with Crippen molar-refractivity contribution in [1.82, 2.24) is 4.98 Å². The van der Waals surface area contributed by atoms with Gasteiger partial charge in [0.25, 0.3) is 0 Å². The average Bonchev–Trinajstić information content (AvgIpc) is 2.86. The van der Waals surface area contributed by atoms with Crippen LogP contribution in [0.3, 0.4) is 0 Å². The monoisotopic (exact) mass is 478 g/mol. The second kappa shape index (κ2) is 11.0. The van der Waals surface area contributed by atoms with Crippen molar-refractivity contribution in [2.24, 2.45) is 11.8 Å². The Kier molecular flexibility index (Phi) is 8.23. The molecule has 0 saturated carbocycles. The molecule has 2 aromatic rings. The fourth-order valence-electron chi connectivity index (χ4n) is 6.41. The van der Waals surface area contributed by atoms with E-state index in [-0.39, 0.29) is 24.0 Å². The molecule has 1 aromatic heterocycles. The molecule has 1 aliphatic carbocycles. The Labute approximate surface area is 212 Å². The molecular formula is C31H46N2O2. The number of nitrogens with zero attached hydrogens (tertiary/aromatic N) is 2. The Balaban J connectivity index is 1.48. The molecule has 4 rings (SSSR count). The highest BCUT2D eigenvalue weighted by atomic mass is 16.3. The van der Waals surface area contributed by atoms with Crippen LogP contribution in [0.1, 0.15) is 90.2 Å². The fourth-order valence-corrected chi connectivity index (χ4v) is 6.41. The molecule has 0 bridgehead atoms. The van der Waals surface area contributed by atoms with Crippen molar-refractivity contribution in [1.29, 1.82) is 0 Å². The highest BCUT2D eigenvalue weighted by Gasteiger charge is 2.37. The second-order valence-electron chi connectivity index (χ2n) is 12.2. The molecule has 2 heterocycles. The fraction of sp³-hybridized carbons (Fsp3) is 0.645. The Bertz CT molecular complexity index is 976. The topological polar surface area (TPSA) is 56.6 Å². The number of hydrogen-bond acceptors (Lipinski definition) is 4. The number of fused-ring (bicyclic) bond motifs is 1. The van der Waals surface area contributed by atoms with Crippen LogP contribution < -0.4 is 4.90 Å². The van der Waals surface area contributed by atoms with E-state index in [0.29, 0.717) is 11.8 Å². The zero-order chi connectivity index (χ0) is 25.1. The molecule has 2 aliphatic rings. The van der Waals surface area contributed by atoms with Gasteiger partial charge in [-0.2, -0.15) is 0 Å². The van der Waals surface area contributed by atoms with Crippen LogP contribution in [-0.4, -0.2) is 41.5 Å². The first-order valence-electron chi connectivity index (χ1n) is 13.8. The van der Waals surface area contributed by atoms with Crippen LogP contribution in [0.25, 0.3) is 11.3 Å². The van der Waals surface area contributed by atoms with Crippen molar-refractivity contribution in [3.05, 3.63) is 47.5 Å². The molecule has 0 radical (unpaired) electrons. The van der Waals surface area contributed by atoms with E-state index in [2.05, 4.69) is 69.0 Å². The minimum absolute atomic E-state index is 0.197. The zero-order valence-corrected chi connectivity index (χ0v) is 22.4. The number of aliphatic hydroxyl groups is 2. The van der Waals surface area contributed by atoms with Crippen molar-refractivity contribution < 1.29 is 10.2 Å². The van der Waals surface area contributed by atoms with Crippen molar-refractivity contribution in [2.75, 3.05) is 31.2 Å². The largest absolute Gasteiger partial charge is 0.396 e. The van der Waals surface area contributed by atoms with Crippen LogP contribution in [0.4, 0.5) is 5.82 Å². The third kappa shape index (κ3) is 5.91. The maximum absolute atomic E-state index is 9.56. The molecule has 1 atom stereocenters. The minimum Gasteiger partial charge on any atom is -0.396 e. The molecule has 35 heavy (non-hydrogen) atoms. The summed E-state index contributed by atoms with van der Waals surface area (Å²) in [7, 11) is 0. The van der Waals surface area contributed by atoms with E-state index >= 15 is 0 Å². The number of aromatic nitrogens is 1. The molecule has 1 unspecified atom stereocenters. The van der Waals surface area contributed by atoms with Gasteiger partial charge in [-0.05, 0) is 90.5 Å². The van der Waals surface area contributed by atoms with Gasteiger partial charge in [0.15, 0.2) is 0 Å². The molecule has 192 valence electrons. The molecule has 1 saturated heterocycles. The van der Waals surface area contributed by atoms with Crippen LogP contribution in [0.5, 0.6) is 0 Å². The Morgan fingerprint density at radius 2 is 1.60 bits per heavy atom. The zero-order valence-electron chi connectivity index (χ0n) is 22.4. The van der Waals surface area contributed by atoms with Gasteiger partial charge in [-0.3, -0.25) is 0 Å². The van der Waals surface area contributed by atoms with E-state index in [4.69, 9.17) is 10.1 Å². The maximum atomic E-state index is 9.56. The lowest BCUT2D eigenvalue weighted by molar-refractivity contribution is 0.183. The Morgan fingerprint density at radius 3 is 2.29 bits per heavy atom. The summed E-state index contributed by atoms with van der Waals surface area (Å²) in [4.78, 5) is 7.56. The SMILES string of the molecule is CC1(C)CCC(C)(C)c2cc(-c3cccc(N4CCC(C(CCO)CCCCO)CC4)n3)ccc21. The van der Waals surface area contributed by atoms with E-state index in [1.165, 1.54) is 29.5 Å². The van der Waals surface area contributed by atoms with Gasteiger partial charge in [-0.1, -0.05) is 58.7 Å². The summed E-state index contributed by atoms with van der Waals surface area (Å²) in [5.41, 5.74) is 5.69. The molecule has 1 fully saturated rings. The number of hydrogen-bond donors (Lipinski definition) is 2. The van der Waals surface area contributed by atoms with E-state index in [1.54, 1.807) is 0 Å². The third-order valence-corrected chi connectivity index (χ3v) is 8.90. The summed E-state index contributed by atoms with van der Waals surface area (Å²) in [5, 5.41) is 18.7. The summed E-state index contributed by atoms with van der Waals surface area (Å²) in [6.45, 7) is 12.1. The van der Waals surface area contributed by atoms with Crippen molar-refractivity contribution in [3.8, 4) is 11.3 Å². The molecule has 4 nitrogen and oxygen atoms in total. The van der Waals surface area contributed by atoms with Crippen molar-refractivity contribution >= 4 is 5.82 Å². The first kappa shape index (κ1) is 26.2. The van der Waals surface area contributed by atoms with E-state index in [1.807, 2.05) is 0 Å². The molecule has 4 heteroatoms. The van der Waals surface area contributed by atoms with Gasteiger partial charge in [0.05, 0.1) is 5.69 Å². The molecule has 2 N–H and O–H groups in total. The summed E-state index contributed by atoms with van der Waals surface area (Å²) in [5.74, 6) is 2.31. The van der Waals surface area contributed by atoms with Crippen LogP contribution >= 0.6 is 0 Å². The lowest BCUT2D eigenvalue weighted by atomic mass is 9.63. The average molecular weight is 479 g/mol. The van der Waals surface area contributed by atoms with Crippen LogP contribution in [0.2, 0.25) is 0 Å². The van der Waals surface area contributed by atoms with Gasteiger partial charge in [-0.15, -0.1) is 0 Å². The van der Waals surface area contributed by atoms with E-state index in [0.717, 1.165) is 63.1 Å². The van der Waals surface area contributed by atoms with Gasteiger partial charge in [0.2, 0.25) is 0 Å². The van der Waals surface area contributed by atoms with Gasteiger partial charge < -0.3 is 15.1 Å². The molecule has 1 aliphatic heterocycles. The summed E-state index contributed by atoms with van der Waals surface area (Å²) in [6.07, 6.45) is 8.68. The molecule has 0 amide bonds. The summed E-state index contributed by atoms with van der Waals surface area (Å²) < 4.78 is 0. The van der Waals surface area contributed by atoms with Crippen LogP contribution in [-0.2, 0) is 10.8 Å². The van der Waals surface area contributed by atoms with Crippen molar-refractivity contribution in [3.63, 3.8) is 0 Å². The number of piperidine rings is 1. The molecular weight excluding hydrogens is 432 g/mol. The highest BCUT2D eigenvalue weighted by Crippen LogP contribution is 2.46. The van der Waals surface area contributed by atoms with Crippen LogP contribution in [0.15, 0.2) is 36.4 Å². The molecule has 0 spiro atoms. The predicted octanol–water partition coefficient (Wildman–Crippen LogP) is 6.48. The normalized spacial score (nSPS) is 20.5. The lowest BCUT2D eigenvalue weighted by Crippen LogP contribution is -2.37. The Hall–Kier alpha value is -1.91.